The molecule has 0 aromatic heterocycles. The summed E-state index contributed by atoms with van der Waals surface area (Å²) in [6.45, 7) is 0.0643. The van der Waals surface area contributed by atoms with Crippen molar-refractivity contribution in [3.05, 3.63) is 53.8 Å². The number of nitrogens with zero attached hydrogens (tertiary/aromatic N) is 2. The van der Waals surface area contributed by atoms with Crippen LogP contribution in [0.2, 0.25) is 0 Å². The monoisotopic (exact) mass is 513 g/mol. The Morgan fingerprint density at radius 2 is 1.76 bits per heavy atom. The minimum atomic E-state index is -4.82. The molecule has 194 valence electrons. The van der Waals surface area contributed by atoms with E-state index < -0.39 is 23.6 Å². The fourth-order valence-corrected chi connectivity index (χ4v) is 5.05. The molecule has 0 spiro atoms. The highest BCUT2D eigenvalue weighted by molar-refractivity contribution is 5.80. The Kier molecular flexibility index (Phi) is 8.04. The highest BCUT2D eigenvalue weighted by atomic mass is 19.4. The number of amides is 1. The highest BCUT2D eigenvalue weighted by Gasteiger charge is 2.37. The van der Waals surface area contributed by atoms with E-state index in [1.165, 1.54) is 4.90 Å². The molecule has 1 aliphatic heterocycles. The molecule has 2 aliphatic rings. The number of ether oxygens (including phenoxy) is 1. The number of terminal acetylenes is 1. The van der Waals surface area contributed by atoms with Gasteiger partial charge in [0.05, 0.1) is 30.3 Å². The quantitative estimate of drug-likeness (QED) is 0.420. The zero-order valence-corrected chi connectivity index (χ0v) is 20.1. The molecule has 2 aromatic rings. The Hall–Kier alpha value is -3.56. The largest absolute Gasteiger partial charge is 0.490 e. The Bertz CT molecular complexity index is 1170. The van der Waals surface area contributed by atoms with Gasteiger partial charge in [-0.3, -0.25) is 4.79 Å². The van der Waals surface area contributed by atoms with Gasteiger partial charge in [0.2, 0.25) is 5.91 Å². The molecule has 1 saturated heterocycles. The van der Waals surface area contributed by atoms with Crippen molar-refractivity contribution in [2.45, 2.75) is 68.9 Å². The Morgan fingerprint density at radius 3 is 2.38 bits per heavy atom. The van der Waals surface area contributed by atoms with Crippen molar-refractivity contribution in [3.8, 4) is 35.3 Å². The Morgan fingerprint density at radius 1 is 1.08 bits per heavy atom. The van der Waals surface area contributed by atoms with Crippen LogP contribution < -0.4 is 10.1 Å². The third-order valence-electron chi connectivity index (χ3n) is 6.98. The van der Waals surface area contributed by atoms with Gasteiger partial charge in [0.15, 0.2) is 0 Å². The van der Waals surface area contributed by atoms with E-state index in [0.717, 1.165) is 12.1 Å². The van der Waals surface area contributed by atoms with Crippen LogP contribution >= 0.6 is 0 Å². The maximum Gasteiger partial charge on any atom is 0.419 e. The normalized spacial score (nSPS) is 23.8. The molecule has 1 aliphatic carbocycles. The number of nitrogens with one attached hydrogen (secondary N) is 1. The lowest BCUT2D eigenvalue weighted by atomic mass is 9.92. The Balaban J connectivity index is 1.38. The van der Waals surface area contributed by atoms with Crippen LogP contribution in [0.3, 0.4) is 0 Å². The van der Waals surface area contributed by atoms with E-state index in [-0.39, 0.29) is 42.0 Å². The van der Waals surface area contributed by atoms with Crippen molar-refractivity contribution < 1.29 is 27.1 Å². The average molecular weight is 514 g/mol. The van der Waals surface area contributed by atoms with Crippen LogP contribution in [0.25, 0.3) is 11.1 Å². The second-order valence-electron chi connectivity index (χ2n) is 9.37. The molecular formula is C28H27F4N3O2. The summed E-state index contributed by atoms with van der Waals surface area (Å²) >= 11 is 0. The smallest absolute Gasteiger partial charge is 0.419 e. The maximum atomic E-state index is 14.4. The number of hydrogen-bond donors (Lipinski definition) is 1. The number of carbonyl (C=O) groups excluding carboxylic acids is 1. The lowest BCUT2D eigenvalue weighted by Crippen LogP contribution is -2.47. The molecule has 1 N–H and O–H groups in total. The van der Waals surface area contributed by atoms with Gasteiger partial charge in [-0.25, -0.2) is 4.39 Å². The van der Waals surface area contributed by atoms with E-state index in [9.17, 15) is 27.6 Å². The Labute approximate surface area is 213 Å². The molecule has 2 atom stereocenters. The fraction of sp³-hybridized carbons (Fsp3) is 0.429. The lowest BCUT2D eigenvalue weighted by Gasteiger charge is -2.31. The summed E-state index contributed by atoms with van der Waals surface area (Å²) in [6.07, 6.45) is 4.07. The zero-order valence-electron chi connectivity index (χ0n) is 20.1. The van der Waals surface area contributed by atoms with Crippen molar-refractivity contribution >= 4 is 5.91 Å². The van der Waals surface area contributed by atoms with E-state index >= 15 is 0 Å². The van der Waals surface area contributed by atoms with Gasteiger partial charge in [0, 0.05) is 17.7 Å². The van der Waals surface area contributed by atoms with Crippen molar-refractivity contribution in [1.29, 1.82) is 5.26 Å². The second kappa shape index (κ2) is 11.2. The van der Waals surface area contributed by atoms with E-state index in [0.29, 0.717) is 44.1 Å². The number of hydrogen-bond acceptors (Lipinski definition) is 4. The summed E-state index contributed by atoms with van der Waals surface area (Å²) < 4.78 is 60.5. The third-order valence-corrected chi connectivity index (χ3v) is 6.98. The first-order chi connectivity index (χ1) is 17.7. The number of benzene rings is 2. The summed E-state index contributed by atoms with van der Waals surface area (Å²) in [5.74, 6) is 1.06. The number of rotatable bonds is 6. The molecule has 4 rings (SSSR count). The van der Waals surface area contributed by atoms with Gasteiger partial charge in [0.25, 0.3) is 0 Å². The van der Waals surface area contributed by atoms with E-state index in [4.69, 9.17) is 11.2 Å². The number of likely N-dealkylation sites (tertiary alicyclic amines) is 1. The third kappa shape index (κ3) is 6.06. The molecule has 1 saturated carbocycles. The number of carbonyl (C=O) groups is 1. The number of nitriles is 1. The van der Waals surface area contributed by atoms with E-state index in [1.807, 2.05) is 0 Å². The number of halogens is 4. The van der Waals surface area contributed by atoms with Gasteiger partial charge in [-0.05, 0) is 50.2 Å². The van der Waals surface area contributed by atoms with Crippen molar-refractivity contribution in [1.82, 2.24) is 10.2 Å². The van der Waals surface area contributed by atoms with Crippen LogP contribution in [-0.2, 0) is 11.0 Å². The first-order valence-electron chi connectivity index (χ1n) is 12.2. The summed E-state index contributed by atoms with van der Waals surface area (Å²) in [4.78, 5) is 14.2. The maximum absolute atomic E-state index is 14.4. The topological polar surface area (TPSA) is 65.4 Å². The predicted octanol–water partition coefficient (Wildman–Crippen LogP) is 5.31. The minimum Gasteiger partial charge on any atom is -0.490 e. The first-order valence-corrected chi connectivity index (χ1v) is 12.2. The van der Waals surface area contributed by atoms with Crippen LogP contribution in [0.5, 0.6) is 5.75 Å². The molecule has 2 aromatic carbocycles. The molecule has 2 fully saturated rings. The molecule has 0 radical (unpaired) electrons. The summed E-state index contributed by atoms with van der Waals surface area (Å²) in [7, 11) is 0. The molecule has 1 amide bonds. The van der Waals surface area contributed by atoms with E-state index in [2.05, 4.69) is 17.3 Å². The average Bonchev–Trinajstić information content (AvgIpc) is 3.31. The van der Waals surface area contributed by atoms with Crippen molar-refractivity contribution in [2.75, 3.05) is 6.54 Å². The summed E-state index contributed by atoms with van der Waals surface area (Å²) in [5, 5.41) is 12.5. The molecule has 37 heavy (non-hydrogen) atoms. The van der Waals surface area contributed by atoms with Gasteiger partial charge in [-0.2, -0.15) is 18.4 Å². The first kappa shape index (κ1) is 26.5. The summed E-state index contributed by atoms with van der Waals surface area (Å²) in [5.41, 5.74) is -0.652. The molecule has 9 heteroatoms. The predicted molar refractivity (Wildman–Crippen MR) is 130 cm³/mol. The van der Waals surface area contributed by atoms with Crippen LogP contribution in [0, 0.1) is 29.5 Å². The second-order valence-corrected chi connectivity index (χ2v) is 9.37. The minimum absolute atomic E-state index is 0.0363. The van der Waals surface area contributed by atoms with Crippen LogP contribution in [-0.4, -0.2) is 41.6 Å². The standard InChI is InChI=1S/C28H27F4N3O2/c1-2-20-10-11-21(16-33)35(20)27(36)17-34-19-8-12-22(13-9-19)37-26-15-25(29)24(28(30,31)32)14-23(26)18-6-4-3-5-7-18/h1,3-7,14-15,19-22,34H,8-13,17H2/t19?,20-,21-,22?/m0/s1. The van der Waals surface area contributed by atoms with Gasteiger partial charge in [0.1, 0.15) is 17.6 Å². The van der Waals surface area contributed by atoms with Crippen LogP contribution in [0.4, 0.5) is 17.6 Å². The summed E-state index contributed by atoms with van der Waals surface area (Å²) in [6, 6.07) is 11.3. The van der Waals surface area contributed by atoms with Gasteiger partial charge < -0.3 is 15.0 Å². The van der Waals surface area contributed by atoms with Crippen molar-refractivity contribution in [3.63, 3.8) is 0 Å². The SMILES string of the molecule is C#C[C@H]1CC[C@@H](C#N)N1C(=O)CNC1CCC(Oc2cc(F)c(C(F)(F)F)cc2-c2ccccc2)CC1. The van der Waals surface area contributed by atoms with Crippen molar-refractivity contribution in [2.24, 2.45) is 0 Å². The molecule has 0 unspecified atom stereocenters. The fourth-order valence-electron chi connectivity index (χ4n) is 5.05. The van der Waals surface area contributed by atoms with Crippen LogP contribution in [0.15, 0.2) is 42.5 Å². The van der Waals surface area contributed by atoms with Gasteiger partial charge >= 0.3 is 6.18 Å². The molecular weight excluding hydrogens is 486 g/mol. The van der Waals surface area contributed by atoms with Gasteiger partial charge in [-0.1, -0.05) is 36.3 Å². The zero-order chi connectivity index (χ0) is 26.6. The molecule has 5 nitrogen and oxygen atoms in total. The van der Waals surface area contributed by atoms with Crippen LogP contribution in [0.1, 0.15) is 44.1 Å². The molecule has 0 bridgehead atoms. The molecule has 1 heterocycles. The van der Waals surface area contributed by atoms with E-state index in [1.54, 1.807) is 30.3 Å². The lowest BCUT2D eigenvalue weighted by molar-refractivity contribution is -0.140. The van der Waals surface area contributed by atoms with Gasteiger partial charge in [-0.15, -0.1) is 6.42 Å². The number of alkyl halides is 3. The highest BCUT2D eigenvalue weighted by Crippen LogP contribution is 2.40.